The van der Waals surface area contributed by atoms with E-state index in [1.54, 1.807) is 0 Å². The second-order valence-corrected chi connectivity index (χ2v) is 6.60. The zero-order chi connectivity index (χ0) is 18.0. The van der Waals surface area contributed by atoms with Gasteiger partial charge in [0.2, 0.25) is 0 Å². The van der Waals surface area contributed by atoms with Crippen molar-refractivity contribution in [2.45, 2.75) is 25.8 Å². The highest BCUT2D eigenvalue weighted by Crippen LogP contribution is 2.21. The molecule has 2 aromatic heterocycles. The number of carbonyl (C=O) groups excluding carboxylic acids is 1. The molecule has 8 heteroatoms. The third kappa shape index (κ3) is 3.74. The molecule has 3 heterocycles. The molecular weight excluding hydrogens is 340 g/mol. The summed E-state index contributed by atoms with van der Waals surface area (Å²) in [6.45, 7) is 3.60. The number of hydrogen-bond acceptors (Lipinski definition) is 5. The molecule has 0 aliphatic carbocycles. The van der Waals surface area contributed by atoms with Gasteiger partial charge in [-0.25, -0.2) is 4.98 Å². The smallest absolute Gasteiger partial charge is 0.271 e. The van der Waals surface area contributed by atoms with Crippen LogP contribution in [0.25, 0.3) is 0 Å². The molecule has 1 amide bonds. The maximum absolute atomic E-state index is 12.5. The standard InChI is InChI=1S/C17H19ClN6O/c1-11-6-15(23(2)22-11)24-5-3-4-13(10-24)21-17(25)16-14(18)7-12(8-19)9-20-16/h6-7,9,13H,3-5,10H2,1-2H3,(H,21,25). The summed E-state index contributed by atoms with van der Waals surface area (Å²) in [5, 5.41) is 16.4. The van der Waals surface area contributed by atoms with Crippen molar-refractivity contribution in [2.24, 2.45) is 7.05 Å². The number of carbonyl (C=O) groups is 1. The molecule has 1 N–H and O–H groups in total. The number of piperidine rings is 1. The number of nitrogens with one attached hydrogen (secondary N) is 1. The van der Waals surface area contributed by atoms with Gasteiger partial charge in [0, 0.05) is 38.4 Å². The first-order valence-electron chi connectivity index (χ1n) is 8.10. The third-order valence-corrected chi connectivity index (χ3v) is 4.53. The van der Waals surface area contributed by atoms with Crippen LogP contribution in [0.1, 0.15) is 34.6 Å². The number of aromatic nitrogens is 3. The Morgan fingerprint density at radius 3 is 2.92 bits per heavy atom. The molecule has 0 spiro atoms. The highest BCUT2D eigenvalue weighted by Gasteiger charge is 2.25. The number of amides is 1. The molecule has 0 radical (unpaired) electrons. The van der Waals surface area contributed by atoms with Gasteiger partial charge in [-0.1, -0.05) is 11.6 Å². The molecule has 1 fully saturated rings. The van der Waals surface area contributed by atoms with Crippen LogP contribution in [0, 0.1) is 18.3 Å². The quantitative estimate of drug-likeness (QED) is 0.907. The molecule has 7 nitrogen and oxygen atoms in total. The summed E-state index contributed by atoms with van der Waals surface area (Å²) >= 11 is 6.07. The summed E-state index contributed by atoms with van der Waals surface area (Å²) in [5.41, 5.74) is 1.45. The minimum atomic E-state index is -0.317. The second kappa shape index (κ2) is 7.11. The lowest BCUT2D eigenvalue weighted by Crippen LogP contribution is -2.48. The molecular formula is C17H19ClN6O. The van der Waals surface area contributed by atoms with E-state index in [4.69, 9.17) is 16.9 Å². The van der Waals surface area contributed by atoms with Gasteiger partial charge < -0.3 is 10.2 Å². The van der Waals surface area contributed by atoms with Gasteiger partial charge in [-0.2, -0.15) is 10.4 Å². The Morgan fingerprint density at radius 2 is 2.28 bits per heavy atom. The Hall–Kier alpha value is -2.59. The third-order valence-electron chi connectivity index (χ3n) is 4.24. The van der Waals surface area contributed by atoms with Crippen molar-refractivity contribution in [1.29, 1.82) is 5.26 Å². The second-order valence-electron chi connectivity index (χ2n) is 6.19. The highest BCUT2D eigenvalue weighted by molar-refractivity contribution is 6.33. The molecule has 1 atom stereocenters. The predicted octanol–water partition coefficient (Wildman–Crippen LogP) is 2.05. The molecule has 3 rings (SSSR count). The normalized spacial score (nSPS) is 17.2. The van der Waals surface area contributed by atoms with E-state index in [2.05, 4.69) is 20.3 Å². The lowest BCUT2D eigenvalue weighted by molar-refractivity contribution is 0.0928. The van der Waals surface area contributed by atoms with Gasteiger partial charge in [0.1, 0.15) is 17.6 Å². The van der Waals surface area contributed by atoms with Crippen molar-refractivity contribution >= 4 is 23.3 Å². The van der Waals surface area contributed by atoms with Crippen molar-refractivity contribution in [1.82, 2.24) is 20.1 Å². The molecule has 1 saturated heterocycles. The van der Waals surface area contributed by atoms with Crippen molar-refractivity contribution in [3.63, 3.8) is 0 Å². The van der Waals surface area contributed by atoms with E-state index in [1.165, 1.54) is 12.3 Å². The van der Waals surface area contributed by atoms with Crippen LogP contribution in [0.4, 0.5) is 5.82 Å². The average molecular weight is 359 g/mol. The van der Waals surface area contributed by atoms with Gasteiger partial charge in [0.05, 0.1) is 16.3 Å². The summed E-state index contributed by atoms with van der Waals surface area (Å²) < 4.78 is 1.86. The topological polar surface area (TPSA) is 86.8 Å². The summed E-state index contributed by atoms with van der Waals surface area (Å²) in [6, 6.07) is 5.46. The Kier molecular flexibility index (Phi) is 4.91. The van der Waals surface area contributed by atoms with Gasteiger partial charge >= 0.3 is 0 Å². The van der Waals surface area contributed by atoms with E-state index >= 15 is 0 Å². The van der Waals surface area contributed by atoms with Gasteiger partial charge in [-0.15, -0.1) is 0 Å². The zero-order valence-electron chi connectivity index (χ0n) is 14.2. The van der Waals surface area contributed by atoms with E-state index in [0.29, 0.717) is 12.1 Å². The first-order chi connectivity index (χ1) is 12.0. The zero-order valence-corrected chi connectivity index (χ0v) is 14.9. The molecule has 130 valence electrons. The summed E-state index contributed by atoms with van der Waals surface area (Å²) in [7, 11) is 1.92. The van der Waals surface area contributed by atoms with Gasteiger partial charge in [-0.05, 0) is 25.8 Å². The minimum absolute atomic E-state index is 0.00460. The number of pyridine rings is 1. The van der Waals surface area contributed by atoms with Crippen LogP contribution in [0.3, 0.4) is 0 Å². The van der Waals surface area contributed by atoms with Crippen LogP contribution < -0.4 is 10.2 Å². The van der Waals surface area contributed by atoms with Crippen molar-refractivity contribution in [3.8, 4) is 6.07 Å². The summed E-state index contributed by atoms with van der Waals surface area (Å²) in [6.07, 6.45) is 3.23. The average Bonchev–Trinajstić information content (AvgIpc) is 2.93. The van der Waals surface area contributed by atoms with Crippen LogP contribution in [-0.4, -0.2) is 39.8 Å². The Balaban J connectivity index is 1.69. The molecule has 0 aromatic carbocycles. The lowest BCUT2D eigenvalue weighted by Gasteiger charge is -2.34. The van der Waals surface area contributed by atoms with Gasteiger partial charge in [-0.3, -0.25) is 9.48 Å². The molecule has 25 heavy (non-hydrogen) atoms. The summed E-state index contributed by atoms with van der Waals surface area (Å²) in [4.78, 5) is 18.7. The van der Waals surface area contributed by atoms with Crippen LogP contribution >= 0.6 is 11.6 Å². The highest BCUT2D eigenvalue weighted by atomic mass is 35.5. The molecule has 1 aliphatic rings. The van der Waals surface area contributed by atoms with E-state index in [-0.39, 0.29) is 22.7 Å². The van der Waals surface area contributed by atoms with Crippen molar-refractivity contribution < 1.29 is 4.79 Å². The molecule has 0 saturated carbocycles. The fraction of sp³-hybridized carbons (Fsp3) is 0.412. The van der Waals surface area contributed by atoms with Crippen LogP contribution in [0.5, 0.6) is 0 Å². The van der Waals surface area contributed by atoms with E-state index in [9.17, 15) is 4.79 Å². The van der Waals surface area contributed by atoms with E-state index < -0.39 is 0 Å². The minimum Gasteiger partial charge on any atom is -0.355 e. The van der Waals surface area contributed by atoms with E-state index in [0.717, 1.165) is 30.9 Å². The number of nitriles is 1. The number of nitrogens with zero attached hydrogens (tertiary/aromatic N) is 5. The maximum Gasteiger partial charge on any atom is 0.271 e. The number of halogens is 1. The fourth-order valence-electron chi connectivity index (χ4n) is 3.12. The first kappa shape index (κ1) is 17.2. The van der Waals surface area contributed by atoms with E-state index in [1.807, 2.05) is 30.8 Å². The first-order valence-corrected chi connectivity index (χ1v) is 8.48. The van der Waals surface area contributed by atoms with Gasteiger partial charge in [0.25, 0.3) is 5.91 Å². The predicted molar refractivity (Wildman–Crippen MR) is 94.6 cm³/mol. The monoisotopic (exact) mass is 358 g/mol. The van der Waals surface area contributed by atoms with Crippen LogP contribution in [0.2, 0.25) is 5.02 Å². The molecule has 1 unspecified atom stereocenters. The number of anilines is 1. The Bertz CT molecular complexity index is 840. The van der Waals surface area contributed by atoms with Crippen LogP contribution in [-0.2, 0) is 7.05 Å². The Morgan fingerprint density at radius 1 is 1.48 bits per heavy atom. The lowest BCUT2D eigenvalue weighted by atomic mass is 10.1. The SMILES string of the molecule is Cc1cc(N2CCCC(NC(=O)c3ncc(C#N)cc3Cl)C2)n(C)n1. The number of aryl methyl sites for hydroxylation is 2. The van der Waals surface area contributed by atoms with Gasteiger partial charge in [0.15, 0.2) is 0 Å². The number of rotatable bonds is 3. The Labute approximate surface area is 151 Å². The largest absolute Gasteiger partial charge is 0.355 e. The van der Waals surface area contributed by atoms with Crippen LogP contribution in [0.15, 0.2) is 18.3 Å². The number of hydrogen-bond donors (Lipinski definition) is 1. The summed E-state index contributed by atoms with van der Waals surface area (Å²) in [5.74, 6) is 0.730. The van der Waals surface area contributed by atoms with Crippen molar-refractivity contribution in [3.05, 3.63) is 40.3 Å². The molecule has 0 bridgehead atoms. The fourth-order valence-corrected chi connectivity index (χ4v) is 3.37. The molecule has 1 aliphatic heterocycles. The molecule has 2 aromatic rings. The van der Waals surface area contributed by atoms with Crippen molar-refractivity contribution in [2.75, 3.05) is 18.0 Å². The maximum atomic E-state index is 12.5.